The van der Waals surface area contributed by atoms with Gasteiger partial charge < -0.3 is 9.29 Å². The van der Waals surface area contributed by atoms with E-state index in [1.807, 2.05) is 0 Å². The van der Waals surface area contributed by atoms with Gasteiger partial charge in [-0.25, -0.2) is 8.78 Å². The molecule has 206 valence electrons. The SMILES string of the molecule is CCOC(=O)CC(N[S@+]([O-])C(C)(C)C)C1(C2CC2)C(F)=C(C(F)(F)F)C(C)=C(c2ccccc2C)C1F. The zero-order chi connectivity index (χ0) is 27.9. The largest absolute Gasteiger partial charge is 0.598 e. The van der Waals surface area contributed by atoms with Gasteiger partial charge in [0.25, 0.3) is 0 Å². The first-order chi connectivity index (χ1) is 17.1. The zero-order valence-corrected chi connectivity index (χ0v) is 22.7. The van der Waals surface area contributed by atoms with Crippen molar-refractivity contribution in [3.05, 3.63) is 52.4 Å². The van der Waals surface area contributed by atoms with Gasteiger partial charge in [0.15, 0.2) is 0 Å². The van der Waals surface area contributed by atoms with Crippen molar-refractivity contribution in [1.29, 1.82) is 0 Å². The average molecular weight is 548 g/mol. The van der Waals surface area contributed by atoms with Crippen molar-refractivity contribution in [3.8, 4) is 0 Å². The van der Waals surface area contributed by atoms with Gasteiger partial charge >= 0.3 is 12.1 Å². The molecule has 2 aliphatic rings. The highest BCUT2D eigenvalue weighted by atomic mass is 32.2. The molecular formula is C27H34F5NO3S. The lowest BCUT2D eigenvalue weighted by Gasteiger charge is -2.47. The average Bonchev–Trinajstić information content (AvgIpc) is 3.59. The van der Waals surface area contributed by atoms with E-state index < -0.39 is 75.2 Å². The van der Waals surface area contributed by atoms with Gasteiger partial charge in [0.05, 0.1) is 30.1 Å². The summed E-state index contributed by atoms with van der Waals surface area (Å²) in [6.45, 7) is 9.10. The Balaban J connectivity index is 2.35. The summed E-state index contributed by atoms with van der Waals surface area (Å²) >= 11 is -1.95. The maximum atomic E-state index is 17.0. The number of hydrogen-bond acceptors (Lipinski definition) is 4. The van der Waals surface area contributed by atoms with Crippen LogP contribution >= 0.6 is 0 Å². The topological polar surface area (TPSA) is 61.4 Å². The van der Waals surface area contributed by atoms with E-state index in [-0.39, 0.29) is 30.6 Å². The minimum Gasteiger partial charge on any atom is -0.598 e. The van der Waals surface area contributed by atoms with Crippen molar-refractivity contribution in [2.45, 2.75) is 83.9 Å². The van der Waals surface area contributed by atoms with Crippen molar-refractivity contribution >= 4 is 22.9 Å². The number of rotatable bonds is 8. The van der Waals surface area contributed by atoms with Crippen LogP contribution < -0.4 is 4.72 Å². The number of nitrogens with one attached hydrogen (secondary N) is 1. The number of hydrogen-bond donors (Lipinski definition) is 1. The summed E-state index contributed by atoms with van der Waals surface area (Å²) in [5.74, 6) is -3.34. The van der Waals surface area contributed by atoms with Gasteiger partial charge in [-0.1, -0.05) is 24.3 Å². The molecule has 3 rings (SSSR count). The van der Waals surface area contributed by atoms with Crippen LogP contribution in [0.3, 0.4) is 0 Å². The summed E-state index contributed by atoms with van der Waals surface area (Å²) in [5.41, 5.74) is -3.98. The third kappa shape index (κ3) is 5.61. The first-order valence-corrected chi connectivity index (χ1v) is 13.5. The second kappa shape index (κ2) is 10.7. The molecule has 1 saturated carbocycles. The molecule has 0 aliphatic heterocycles. The number of esters is 1. The fourth-order valence-electron chi connectivity index (χ4n) is 5.17. The van der Waals surface area contributed by atoms with Crippen molar-refractivity contribution in [2.75, 3.05) is 6.61 Å². The van der Waals surface area contributed by atoms with E-state index in [9.17, 15) is 22.5 Å². The van der Waals surface area contributed by atoms with E-state index in [1.54, 1.807) is 52.8 Å². The second-order valence-electron chi connectivity index (χ2n) is 10.7. The molecule has 0 bridgehead atoms. The number of benzene rings is 1. The lowest BCUT2D eigenvalue weighted by Crippen LogP contribution is -2.59. The highest BCUT2D eigenvalue weighted by Gasteiger charge is 2.66. The molecule has 0 heterocycles. The van der Waals surface area contributed by atoms with E-state index in [2.05, 4.69) is 4.72 Å². The standard InChI is InChI=1S/C27H34F5NO3S/c1-7-36-20(34)14-19(33-37(35)25(4,5)6)26(17-12-13-17)23(28)21(18-11-9-8-10-15(18)2)16(3)22(24(26)29)27(30,31)32/h8-11,17,19,23,33H,7,12-14H2,1-6H3/t19?,23?,26?,37-/m1/s1. The van der Waals surface area contributed by atoms with Crippen molar-refractivity contribution < 1.29 is 36.0 Å². The molecule has 0 aromatic heterocycles. The first-order valence-electron chi connectivity index (χ1n) is 12.3. The van der Waals surface area contributed by atoms with Gasteiger partial charge in [0.2, 0.25) is 0 Å². The monoisotopic (exact) mass is 547 g/mol. The van der Waals surface area contributed by atoms with Crippen LogP contribution in [0.4, 0.5) is 22.0 Å². The lowest BCUT2D eigenvalue weighted by molar-refractivity contribution is -0.144. The minimum atomic E-state index is -5.12. The summed E-state index contributed by atoms with van der Waals surface area (Å²) < 4.78 is 96.8. The summed E-state index contributed by atoms with van der Waals surface area (Å²) in [4.78, 5) is 12.6. The Morgan fingerprint density at radius 2 is 1.81 bits per heavy atom. The van der Waals surface area contributed by atoms with Crippen LogP contribution in [0.1, 0.15) is 65.0 Å². The molecule has 0 saturated heterocycles. The van der Waals surface area contributed by atoms with Gasteiger partial charge in [-0.05, 0) is 82.6 Å². The van der Waals surface area contributed by atoms with Gasteiger partial charge in [0, 0.05) is 11.4 Å². The Morgan fingerprint density at radius 1 is 1.22 bits per heavy atom. The molecule has 10 heteroatoms. The molecule has 0 radical (unpaired) electrons. The molecule has 4 atom stereocenters. The molecule has 0 spiro atoms. The van der Waals surface area contributed by atoms with E-state index >= 15 is 8.78 Å². The Morgan fingerprint density at radius 3 is 2.30 bits per heavy atom. The molecular weight excluding hydrogens is 513 g/mol. The van der Waals surface area contributed by atoms with Crippen LogP contribution in [-0.4, -0.2) is 40.3 Å². The number of carbonyl (C=O) groups is 1. The van der Waals surface area contributed by atoms with Crippen molar-refractivity contribution in [1.82, 2.24) is 4.72 Å². The number of ether oxygens (including phenoxy) is 1. The van der Waals surface area contributed by atoms with E-state index in [4.69, 9.17) is 4.74 Å². The van der Waals surface area contributed by atoms with Gasteiger partial charge in [0.1, 0.15) is 16.7 Å². The predicted octanol–water partition coefficient (Wildman–Crippen LogP) is 6.68. The molecule has 37 heavy (non-hydrogen) atoms. The maximum absolute atomic E-state index is 17.0. The molecule has 4 nitrogen and oxygen atoms in total. The summed E-state index contributed by atoms with van der Waals surface area (Å²) in [6, 6.07) is 4.86. The number of halogens is 5. The minimum absolute atomic E-state index is 0.0248. The fourth-order valence-corrected chi connectivity index (χ4v) is 6.06. The highest BCUT2D eigenvalue weighted by Crippen LogP contribution is 2.64. The third-order valence-corrected chi connectivity index (χ3v) is 8.69. The normalized spacial score (nSPS) is 24.8. The van der Waals surface area contributed by atoms with Crippen LogP contribution in [0.15, 0.2) is 41.2 Å². The van der Waals surface area contributed by atoms with E-state index in [1.165, 1.54) is 6.07 Å². The second-order valence-corrected chi connectivity index (χ2v) is 12.7. The zero-order valence-electron chi connectivity index (χ0n) is 21.9. The fraction of sp³-hybridized carbons (Fsp3) is 0.593. The third-order valence-electron chi connectivity index (χ3n) is 7.08. The highest BCUT2D eigenvalue weighted by molar-refractivity contribution is 7.90. The van der Waals surface area contributed by atoms with Gasteiger partial charge in [-0.2, -0.15) is 13.2 Å². The Hall–Kier alpha value is -1.91. The lowest BCUT2D eigenvalue weighted by atomic mass is 9.62. The van der Waals surface area contributed by atoms with Crippen LogP contribution in [-0.2, 0) is 20.9 Å². The Kier molecular flexibility index (Phi) is 8.56. The van der Waals surface area contributed by atoms with Crippen LogP contribution in [0.25, 0.3) is 5.57 Å². The molecule has 1 fully saturated rings. The molecule has 1 aromatic carbocycles. The Bertz CT molecular complexity index is 1090. The van der Waals surface area contributed by atoms with Gasteiger partial charge in [-0.3, -0.25) is 4.79 Å². The molecule has 1 aromatic rings. The van der Waals surface area contributed by atoms with Crippen molar-refractivity contribution in [3.63, 3.8) is 0 Å². The van der Waals surface area contributed by atoms with E-state index in [0.717, 1.165) is 6.92 Å². The van der Waals surface area contributed by atoms with E-state index in [0.29, 0.717) is 5.56 Å². The number of allylic oxidation sites excluding steroid dienone is 3. The Labute approximate surface area is 218 Å². The molecule has 3 unspecified atom stereocenters. The van der Waals surface area contributed by atoms with Crippen LogP contribution in [0, 0.1) is 18.3 Å². The summed E-state index contributed by atoms with van der Waals surface area (Å²) in [5, 5.41) is 0. The molecule has 1 N–H and O–H groups in total. The van der Waals surface area contributed by atoms with Crippen LogP contribution in [0.5, 0.6) is 0 Å². The van der Waals surface area contributed by atoms with Crippen LogP contribution in [0.2, 0.25) is 0 Å². The number of aryl methyl sites for hydroxylation is 1. The molecule has 2 aliphatic carbocycles. The maximum Gasteiger partial charge on any atom is 0.419 e. The first kappa shape index (κ1) is 29.6. The summed E-state index contributed by atoms with van der Waals surface area (Å²) in [6.07, 6.45) is -7.48. The number of alkyl halides is 4. The van der Waals surface area contributed by atoms with Gasteiger partial charge in [-0.15, -0.1) is 4.72 Å². The predicted molar refractivity (Wildman–Crippen MR) is 134 cm³/mol. The van der Waals surface area contributed by atoms with Crippen molar-refractivity contribution in [2.24, 2.45) is 11.3 Å². The summed E-state index contributed by atoms with van der Waals surface area (Å²) in [7, 11) is 0. The quantitative estimate of drug-likeness (QED) is 0.224. The number of carbonyl (C=O) groups excluding carboxylic acids is 1. The molecule has 0 amide bonds. The smallest absolute Gasteiger partial charge is 0.419 e.